The lowest BCUT2D eigenvalue weighted by Crippen LogP contribution is -2.38. The van der Waals surface area contributed by atoms with Gasteiger partial charge in [-0.25, -0.2) is 16.8 Å². The molecule has 2 aromatic heterocycles. The lowest BCUT2D eigenvalue weighted by Gasteiger charge is -2.23. The summed E-state index contributed by atoms with van der Waals surface area (Å²) in [4.78, 5) is 8.94. The Balaban J connectivity index is 0.000000694. The van der Waals surface area contributed by atoms with Gasteiger partial charge in [-0.3, -0.25) is 4.98 Å². The van der Waals surface area contributed by atoms with Gasteiger partial charge in [0.25, 0.3) is 10.0 Å². The molecule has 2 aromatic carbocycles. The molecule has 0 aliphatic carbocycles. The van der Waals surface area contributed by atoms with Gasteiger partial charge in [-0.2, -0.15) is 22.1 Å². The van der Waals surface area contributed by atoms with Gasteiger partial charge in [0, 0.05) is 34.6 Å². The number of aromatic nitrogens is 3. The number of likely N-dealkylation sites (N-methyl/N-ethyl adjacent to an activating group) is 1. The highest BCUT2D eigenvalue weighted by molar-refractivity contribution is 7.93. The Morgan fingerprint density at radius 2 is 1.54 bits per heavy atom. The van der Waals surface area contributed by atoms with Crippen molar-refractivity contribution in [3.05, 3.63) is 65.5 Å². The van der Waals surface area contributed by atoms with Crippen LogP contribution in [-0.2, 0) is 37.1 Å². The van der Waals surface area contributed by atoms with E-state index in [1.54, 1.807) is 43.6 Å². The number of imidazole rings is 1. The zero-order valence-electron chi connectivity index (χ0n) is 27.1. The van der Waals surface area contributed by atoms with E-state index in [2.05, 4.69) is 31.1 Å². The van der Waals surface area contributed by atoms with Crippen LogP contribution in [0.5, 0.6) is 17.2 Å². The number of fused-ring (bicyclic) bond motifs is 1. The Bertz CT molecular complexity index is 1960. The predicted octanol–water partition coefficient (Wildman–Crippen LogP) is 3.75. The number of rotatable bonds is 11. The molecule has 48 heavy (non-hydrogen) atoms. The second kappa shape index (κ2) is 14.9. The third-order valence-electron chi connectivity index (χ3n) is 6.69. The molecule has 264 valence electrons. The number of ether oxygens (including phenoxy) is 3. The fourth-order valence-corrected chi connectivity index (χ4v) is 7.21. The number of benzene rings is 2. The second-order valence-electron chi connectivity index (χ2n) is 11.3. The van der Waals surface area contributed by atoms with E-state index in [9.17, 15) is 26.1 Å². The van der Waals surface area contributed by atoms with Gasteiger partial charge in [0.2, 0.25) is 0 Å². The van der Waals surface area contributed by atoms with Crippen molar-refractivity contribution < 1.29 is 57.8 Å². The molecule has 0 aliphatic heterocycles. The molecule has 19 heteroatoms. The molecule has 0 saturated carbocycles. The molecule has 0 aliphatic rings. The zero-order chi connectivity index (χ0) is 36.2. The highest BCUT2D eigenvalue weighted by atomic mass is 32.2. The molecule has 1 atom stereocenters. The SMILES string of the molecule is COc1ccc2nc([S+]([O-])Cc3ncc(C)c(OC)c3C)n(S(=O)(=O)c3ccc(OCC[N+](C)(C)C)cc3)c2c1.O=S(=O)([O-])C(F)(F)F. The largest absolute Gasteiger partial charge is 0.741 e. The first-order valence-electron chi connectivity index (χ1n) is 13.9. The fourth-order valence-electron chi connectivity index (χ4n) is 4.17. The maximum Gasteiger partial charge on any atom is 0.485 e. The summed E-state index contributed by atoms with van der Waals surface area (Å²) in [7, 11) is -1.04. The van der Waals surface area contributed by atoms with Crippen LogP contribution < -0.4 is 14.2 Å². The number of alkyl halides is 3. The predicted molar refractivity (Wildman–Crippen MR) is 170 cm³/mol. The van der Waals surface area contributed by atoms with E-state index < -0.39 is 36.8 Å². The molecular weight excluding hydrogens is 702 g/mol. The van der Waals surface area contributed by atoms with Gasteiger partial charge in [-0.15, -0.1) is 0 Å². The van der Waals surface area contributed by atoms with E-state index in [-0.39, 0.29) is 21.3 Å². The number of nitrogens with zero attached hydrogens (tertiary/aromatic N) is 4. The highest BCUT2D eigenvalue weighted by Gasteiger charge is 2.37. The summed E-state index contributed by atoms with van der Waals surface area (Å²) in [6.45, 7) is 4.99. The fraction of sp³-hybridized carbons (Fsp3) is 0.379. The van der Waals surface area contributed by atoms with Crippen molar-refractivity contribution in [1.82, 2.24) is 13.9 Å². The second-order valence-corrected chi connectivity index (χ2v) is 15.8. The minimum Gasteiger partial charge on any atom is -0.741 e. The van der Waals surface area contributed by atoms with Crippen molar-refractivity contribution in [3.63, 3.8) is 0 Å². The summed E-state index contributed by atoms with van der Waals surface area (Å²) in [5.74, 6) is 1.61. The molecule has 0 fully saturated rings. The molecule has 4 aromatic rings. The summed E-state index contributed by atoms with van der Waals surface area (Å²) < 4.78 is 119. The van der Waals surface area contributed by atoms with Crippen LogP contribution in [-0.4, -0.2) is 98.4 Å². The summed E-state index contributed by atoms with van der Waals surface area (Å²) in [5, 5.41) is -0.104. The average Bonchev–Trinajstić information content (AvgIpc) is 3.38. The number of hydrogen-bond acceptors (Lipinski definition) is 11. The van der Waals surface area contributed by atoms with E-state index in [0.717, 1.165) is 26.1 Å². The molecule has 2 heterocycles. The van der Waals surface area contributed by atoms with Gasteiger partial charge < -0.3 is 27.8 Å². The molecule has 0 amide bonds. The molecule has 13 nitrogen and oxygen atoms in total. The number of halogens is 3. The minimum absolute atomic E-state index is 0.0122. The standard InChI is InChI=1S/C28H35N4O6S2.CHF3O3S/c1-19-17-29-25(20(2)27(19)37-7)18-39(33)28-30-24-13-10-22(36-6)16-26(24)31(28)40(34,35)23-11-8-21(9-12-23)38-15-14-32(3,4)5;2-1(3,4)8(5,6)7/h8-13,16-17H,14-15,18H2,1-7H3;(H,5,6,7)/q+1;/p-1. The number of pyridine rings is 1. The minimum atomic E-state index is -6.09. The maximum absolute atomic E-state index is 14.0. The van der Waals surface area contributed by atoms with Crippen LogP contribution in [0.25, 0.3) is 11.0 Å². The molecule has 0 saturated heterocycles. The van der Waals surface area contributed by atoms with Crippen molar-refractivity contribution in [1.29, 1.82) is 0 Å². The zero-order valence-corrected chi connectivity index (χ0v) is 29.5. The third-order valence-corrected chi connectivity index (χ3v) is 10.3. The van der Waals surface area contributed by atoms with Crippen LogP contribution in [0.2, 0.25) is 0 Å². The van der Waals surface area contributed by atoms with Crippen molar-refractivity contribution >= 4 is 42.4 Å². The topological polar surface area (TPSA) is 173 Å². The van der Waals surface area contributed by atoms with E-state index >= 15 is 0 Å². The van der Waals surface area contributed by atoms with Crippen molar-refractivity contribution in [2.75, 3.05) is 48.5 Å². The van der Waals surface area contributed by atoms with Crippen molar-refractivity contribution in [3.8, 4) is 17.2 Å². The van der Waals surface area contributed by atoms with Crippen LogP contribution in [0.15, 0.2) is 58.7 Å². The van der Waals surface area contributed by atoms with Crippen LogP contribution >= 0.6 is 0 Å². The molecule has 0 spiro atoms. The number of aryl methyl sites for hydroxylation is 1. The average molecular weight is 737 g/mol. The van der Waals surface area contributed by atoms with E-state index in [4.69, 9.17) is 27.2 Å². The number of methoxy groups -OCH3 is 2. The van der Waals surface area contributed by atoms with E-state index in [1.165, 1.54) is 19.2 Å². The molecule has 1 unspecified atom stereocenters. The van der Waals surface area contributed by atoms with Gasteiger partial charge in [-0.05, 0) is 50.2 Å². The summed E-state index contributed by atoms with van der Waals surface area (Å²) in [6, 6.07) is 11.1. The Morgan fingerprint density at radius 1 is 0.958 bits per heavy atom. The molecule has 0 radical (unpaired) electrons. The Kier molecular flexibility index (Phi) is 12.0. The number of quaternary nitrogens is 1. The van der Waals surface area contributed by atoms with E-state index in [0.29, 0.717) is 35.1 Å². The van der Waals surface area contributed by atoms with Gasteiger partial charge in [0.15, 0.2) is 15.9 Å². The lowest BCUT2D eigenvalue weighted by molar-refractivity contribution is -0.870. The Morgan fingerprint density at radius 3 is 2.06 bits per heavy atom. The molecular formula is C29H35F3N4O9S3. The Labute approximate surface area is 279 Å². The van der Waals surface area contributed by atoms with E-state index in [1.807, 2.05) is 13.8 Å². The van der Waals surface area contributed by atoms with Crippen molar-refractivity contribution in [2.45, 2.75) is 35.2 Å². The normalized spacial score (nSPS) is 13.1. The van der Waals surface area contributed by atoms with Crippen LogP contribution in [0.4, 0.5) is 13.2 Å². The first-order valence-corrected chi connectivity index (χ1v) is 18.0. The summed E-state index contributed by atoms with van der Waals surface area (Å²) >= 11 is -1.86. The first kappa shape index (κ1) is 38.8. The van der Waals surface area contributed by atoms with Crippen LogP contribution in [0.3, 0.4) is 0 Å². The summed E-state index contributed by atoms with van der Waals surface area (Å²) in [6.07, 6.45) is 1.65. The van der Waals surface area contributed by atoms with Gasteiger partial charge >= 0.3 is 10.7 Å². The first-order chi connectivity index (χ1) is 22.1. The smallest absolute Gasteiger partial charge is 0.485 e. The quantitative estimate of drug-likeness (QED) is 0.0950. The molecule has 0 bridgehead atoms. The van der Waals surface area contributed by atoms with Crippen LogP contribution in [0, 0.1) is 13.8 Å². The third kappa shape index (κ3) is 9.29. The lowest BCUT2D eigenvalue weighted by atomic mass is 10.1. The Hall–Kier alpha value is -3.62. The maximum atomic E-state index is 14.0. The van der Waals surface area contributed by atoms with Gasteiger partial charge in [-0.1, -0.05) is 0 Å². The molecule has 0 N–H and O–H groups in total. The van der Waals surface area contributed by atoms with Crippen LogP contribution in [0.1, 0.15) is 16.8 Å². The van der Waals surface area contributed by atoms with Gasteiger partial charge in [0.05, 0.1) is 57.0 Å². The summed E-state index contributed by atoms with van der Waals surface area (Å²) in [5.41, 5.74) is -2.89. The highest BCUT2D eigenvalue weighted by Crippen LogP contribution is 2.32. The van der Waals surface area contributed by atoms with Crippen molar-refractivity contribution in [2.24, 2.45) is 0 Å². The van der Waals surface area contributed by atoms with Gasteiger partial charge in [0.1, 0.15) is 30.4 Å². The number of hydrogen-bond donors (Lipinski definition) is 0. The molecule has 4 rings (SSSR count). The monoisotopic (exact) mass is 736 g/mol.